The lowest BCUT2D eigenvalue weighted by molar-refractivity contribution is 0.286. The first-order valence-corrected chi connectivity index (χ1v) is 7.90. The van der Waals surface area contributed by atoms with E-state index in [9.17, 15) is 0 Å². The number of nitrogen functional groups attached to an aromatic ring is 1. The third-order valence-corrected chi connectivity index (χ3v) is 3.60. The molecule has 0 amide bonds. The van der Waals surface area contributed by atoms with Crippen LogP contribution in [0.5, 0.6) is 6.01 Å². The van der Waals surface area contributed by atoms with E-state index in [1.807, 2.05) is 11.5 Å². The molecule has 7 nitrogen and oxygen atoms in total. The van der Waals surface area contributed by atoms with Gasteiger partial charge in [-0.2, -0.15) is 9.97 Å². The van der Waals surface area contributed by atoms with Gasteiger partial charge >= 0.3 is 6.01 Å². The predicted molar refractivity (Wildman–Crippen MR) is 93.1 cm³/mol. The van der Waals surface area contributed by atoms with E-state index in [0.717, 1.165) is 18.4 Å². The van der Waals surface area contributed by atoms with E-state index < -0.39 is 0 Å². The van der Waals surface area contributed by atoms with Crippen LogP contribution in [-0.2, 0) is 6.54 Å². The van der Waals surface area contributed by atoms with E-state index in [-0.39, 0.29) is 11.4 Å². The van der Waals surface area contributed by atoms with Crippen LogP contribution in [0.25, 0.3) is 11.2 Å². The molecule has 0 radical (unpaired) electrons. The van der Waals surface area contributed by atoms with Crippen LogP contribution in [0.4, 0.5) is 5.82 Å². The maximum Gasteiger partial charge on any atom is 0.320 e. The number of nitrogens with two attached hydrogens (primary N) is 1. The molecule has 0 aliphatic rings. The number of ether oxygens (including phenoxy) is 1. The summed E-state index contributed by atoms with van der Waals surface area (Å²) in [5, 5.41) is -0.183. The van der Waals surface area contributed by atoms with E-state index in [1.54, 1.807) is 12.5 Å². The fourth-order valence-corrected chi connectivity index (χ4v) is 2.14. The number of alkyl halides is 1. The number of anilines is 1. The predicted octanol–water partition coefficient (Wildman–Crippen LogP) is 2.80. The first kappa shape index (κ1) is 17.2. The number of imidazole rings is 1. The fourth-order valence-electron chi connectivity index (χ4n) is 2.02. The van der Waals surface area contributed by atoms with E-state index in [2.05, 4.69) is 33.6 Å². The molecule has 2 heterocycles. The molecule has 0 bridgehead atoms. The third-order valence-electron chi connectivity index (χ3n) is 3.32. The van der Waals surface area contributed by atoms with Gasteiger partial charge in [-0.05, 0) is 25.6 Å². The standard InChI is InChI=1S/C15H21ClN6O/c1-4-5-6-23-15-20-13(17)12-14(21-15)22(9-19-12)8-11(7-18-3)10(2)16/h7,9-10H,3-6,8H2,1-2H3,(H2,17,20,21)/b11-7-. The second-order valence-corrected chi connectivity index (χ2v) is 5.80. The van der Waals surface area contributed by atoms with Gasteiger partial charge in [-0.3, -0.25) is 4.99 Å². The molecule has 0 saturated carbocycles. The van der Waals surface area contributed by atoms with Gasteiger partial charge in [0.15, 0.2) is 17.0 Å². The number of rotatable bonds is 8. The zero-order chi connectivity index (χ0) is 16.8. The minimum atomic E-state index is -0.183. The van der Waals surface area contributed by atoms with E-state index >= 15 is 0 Å². The number of unbranched alkanes of at least 4 members (excludes halogenated alkanes) is 1. The number of allylic oxidation sites excluding steroid dienone is 1. The summed E-state index contributed by atoms with van der Waals surface area (Å²) >= 11 is 6.17. The molecule has 2 aromatic heterocycles. The van der Waals surface area contributed by atoms with Gasteiger partial charge in [0.05, 0.1) is 18.3 Å². The summed E-state index contributed by atoms with van der Waals surface area (Å²) in [4.78, 5) is 16.6. The zero-order valence-corrected chi connectivity index (χ0v) is 14.1. The van der Waals surface area contributed by atoms with Gasteiger partial charge in [0, 0.05) is 12.7 Å². The van der Waals surface area contributed by atoms with Crippen LogP contribution in [0, 0.1) is 0 Å². The van der Waals surface area contributed by atoms with Gasteiger partial charge < -0.3 is 15.0 Å². The Morgan fingerprint density at radius 1 is 1.57 bits per heavy atom. The van der Waals surface area contributed by atoms with Gasteiger partial charge in [-0.25, -0.2) is 4.98 Å². The van der Waals surface area contributed by atoms with Crippen molar-refractivity contribution in [1.82, 2.24) is 19.5 Å². The molecule has 0 saturated heterocycles. The van der Waals surface area contributed by atoms with Crippen LogP contribution < -0.4 is 10.5 Å². The molecule has 1 atom stereocenters. The second-order valence-electron chi connectivity index (χ2n) is 5.14. The van der Waals surface area contributed by atoms with E-state index in [1.165, 1.54) is 0 Å². The van der Waals surface area contributed by atoms with Crippen LogP contribution in [0.2, 0.25) is 0 Å². The van der Waals surface area contributed by atoms with Crippen molar-refractivity contribution >= 4 is 35.3 Å². The molecule has 0 spiro atoms. The Bertz CT molecular complexity index is 709. The average Bonchev–Trinajstić information content (AvgIpc) is 2.90. The number of hydrogen-bond acceptors (Lipinski definition) is 6. The Kier molecular flexibility index (Phi) is 5.92. The van der Waals surface area contributed by atoms with Crippen molar-refractivity contribution < 1.29 is 4.74 Å². The average molecular weight is 337 g/mol. The first-order valence-electron chi connectivity index (χ1n) is 7.46. The smallest absolute Gasteiger partial charge is 0.320 e. The SMILES string of the molecule is C=N/C=C(/Cn1cnc2c(N)nc(OCCCC)nc21)C(C)Cl. The Morgan fingerprint density at radius 2 is 2.35 bits per heavy atom. The number of fused-ring (bicyclic) bond motifs is 1. The maximum atomic E-state index is 6.17. The van der Waals surface area contributed by atoms with Crippen molar-refractivity contribution in [3.05, 3.63) is 18.1 Å². The summed E-state index contributed by atoms with van der Waals surface area (Å²) < 4.78 is 7.39. The molecule has 23 heavy (non-hydrogen) atoms. The summed E-state index contributed by atoms with van der Waals surface area (Å²) in [7, 11) is 0. The van der Waals surface area contributed by atoms with Gasteiger partial charge in [0.25, 0.3) is 0 Å². The van der Waals surface area contributed by atoms with Crippen molar-refractivity contribution in [2.75, 3.05) is 12.3 Å². The minimum Gasteiger partial charge on any atom is -0.463 e. The van der Waals surface area contributed by atoms with Gasteiger partial charge in [-0.15, -0.1) is 11.6 Å². The van der Waals surface area contributed by atoms with Crippen LogP contribution in [-0.4, -0.2) is 38.2 Å². The lowest BCUT2D eigenvalue weighted by Crippen LogP contribution is -2.09. The summed E-state index contributed by atoms with van der Waals surface area (Å²) in [5.74, 6) is 0.298. The number of aromatic nitrogens is 4. The zero-order valence-electron chi connectivity index (χ0n) is 13.4. The highest BCUT2D eigenvalue weighted by atomic mass is 35.5. The van der Waals surface area contributed by atoms with Crippen LogP contribution in [0.15, 0.2) is 23.1 Å². The number of nitrogens with zero attached hydrogens (tertiary/aromatic N) is 5. The van der Waals surface area contributed by atoms with E-state index in [4.69, 9.17) is 22.1 Å². The molecule has 2 rings (SSSR count). The Hall–Kier alpha value is -2.15. The fraction of sp³-hybridized carbons (Fsp3) is 0.467. The molecular formula is C15H21ClN6O. The number of hydrogen-bond donors (Lipinski definition) is 1. The molecule has 2 N–H and O–H groups in total. The van der Waals surface area contributed by atoms with Crippen molar-refractivity contribution in [2.45, 2.75) is 38.6 Å². The highest BCUT2D eigenvalue weighted by molar-refractivity contribution is 6.22. The topological polar surface area (TPSA) is 91.2 Å². The quantitative estimate of drug-likeness (QED) is 0.454. The molecule has 8 heteroatoms. The van der Waals surface area contributed by atoms with E-state index in [0.29, 0.717) is 30.1 Å². The van der Waals surface area contributed by atoms with Gasteiger partial charge in [0.1, 0.15) is 0 Å². The third kappa shape index (κ3) is 4.19. The summed E-state index contributed by atoms with van der Waals surface area (Å²) in [5.41, 5.74) is 7.99. The highest BCUT2D eigenvalue weighted by Crippen LogP contribution is 2.21. The molecule has 124 valence electrons. The monoisotopic (exact) mass is 336 g/mol. The Morgan fingerprint density at radius 3 is 3.00 bits per heavy atom. The molecule has 0 aromatic carbocycles. The van der Waals surface area contributed by atoms with Gasteiger partial charge in [-0.1, -0.05) is 13.3 Å². The molecule has 0 aliphatic carbocycles. The van der Waals surface area contributed by atoms with Gasteiger partial charge in [0.2, 0.25) is 0 Å². The summed E-state index contributed by atoms with van der Waals surface area (Å²) in [6, 6.07) is 0.261. The van der Waals surface area contributed by atoms with Crippen LogP contribution in [0.3, 0.4) is 0 Å². The largest absolute Gasteiger partial charge is 0.463 e. The minimum absolute atomic E-state index is 0.183. The molecule has 1 unspecified atom stereocenters. The first-order chi connectivity index (χ1) is 11.1. The lowest BCUT2D eigenvalue weighted by atomic mass is 10.2. The molecule has 2 aromatic rings. The van der Waals surface area contributed by atoms with Crippen LogP contribution >= 0.6 is 11.6 Å². The Balaban J connectivity index is 2.33. The summed E-state index contributed by atoms with van der Waals surface area (Å²) in [6.45, 7) is 8.48. The van der Waals surface area contributed by atoms with Crippen molar-refractivity contribution in [3.63, 3.8) is 0 Å². The lowest BCUT2D eigenvalue weighted by Gasteiger charge is -2.10. The molecule has 0 aliphatic heterocycles. The van der Waals surface area contributed by atoms with Crippen LogP contribution in [0.1, 0.15) is 26.7 Å². The maximum absolute atomic E-state index is 6.17. The van der Waals surface area contributed by atoms with Crippen molar-refractivity contribution in [1.29, 1.82) is 0 Å². The van der Waals surface area contributed by atoms with Crippen molar-refractivity contribution in [3.8, 4) is 6.01 Å². The second kappa shape index (κ2) is 7.92. The van der Waals surface area contributed by atoms with Crippen molar-refractivity contribution in [2.24, 2.45) is 4.99 Å². The number of aliphatic imine (C=N–C) groups is 1. The molecular weight excluding hydrogens is 316 g/mol. The number of halogens is 1. The highest BCUT2D eigenvalue weighted by Gasteiger charge is 2.14. The summed E-state index contributed by atoms with van der Waals surface area (Å²) in [6.07, 6.45) is 5.27. The normalized spacial score (nSPS) is 13.3. The molecule has 0 fully saturated rings. The Labute approximate surface area is 140 Å².